The number of rotatable bonds is 4. The van der Waals surface area contributed by atoms with E-state index in [0.717, 1.165) is 11.3 Å². The average Bonchev–Trinajstić information content (AvgIpc) is 2.20. The number of carbonyl (C=O) groups excluding carboxylic acids is 1. The Morgan fingerprint density at radius 1 is 1.33 bits per heavy atom. The van der Waals surface area contributed by atoms with Crippen molar-refractivity contribution in [2.75, 3.05) is 0 Å². The molecule has 3 nitrogen and oxygen atoms in total. The molecule has 0 saturated heterocycles. The van der Waals surface area contributed by atoms with E-state index in [4.69, 9.17) is 4.74 Å². The second-order valence-corrected chi connectivity index (χ2v) is 3.76. The van der Waals surface area contributed by atoms with Crippen molar-refractivity contribution in [2.24, 2.45) is 0 Å². The van der Waals surface area contributed by atoms with E-state index < -0.39 is 0 Å². The van der Waals surface area contributed by atoms with E-state index in [1.807, 2.05) is 38.1 Å². The highest BCUT2D eigenvalue weighted by Gasteiger charge is 2.04. The van der Waals surface area contributed by atoms with Crippen LogP contribution in [-0.4, -0.2) is 12.1 Å². The smallest absolute Gasteiger partial charge is 0.321 e. The molecule has 0 fully saturated rings. The van der Waals surface area contributed by atoms with Crippen LogP contribution in [0.2, 0.25) is 0 Å². The Morgan fingerprint density at radius 2 is 1.93 bits per heavy atom. The second kappa shape index (κ2) is 5.75. The van der Waals surface area contributed by atoms with E-state index in [9.17, 15) is 4.79 Å². The van der Waals surface area contributed by atoms with Gasteiger partial charge >= 0.3 is 5.97 Å². The molecule has 0 N–H and O–H groups in total. The molecule has 82 valence electrons. The molecule has 0 spiro atoms. The van der Waals surface area contributed by atoms with Gasteiger partial charge in [0, 0.05) is 0 Å². The Kier molecular flexibility index (Phi) is 4.62. The minimum atomic E-state index is -0.312. The fourth-order valence-electron chi connectivity index (χ4n) is 1.15. The predicted octanol–water partition coefficient (Wildman–Crippen LogP) is 2.87. The van der Waals surface area contributed by atoms with Crippen molar-refractivity contribution in [2.45, 2.75) is 26.4 Å². The summed E-state index contributed by atoms with van der Waals surface area (Å²) in [5.41, 5.74) is 0.899. The first-order valence-electron chi connectivity index (χ1n) is 4.69. The van der Waals surface area contributed by atoms with E-state index >= 15 is 0 Å². The second-order valence-electron chi connectivity index (χ2n) is 3.44. The quantitative estimate of drug-likeness (QED) is 0.846. The summed E-state index contributed by atoms with van der Waals surface area (Å²) in [6.07, 6.45) is 0.413. The van der Waals surface area contributed by atoms with Gasteiger partial charge in [0.05, 0.1) is 12.5 Å². The van der Waals surface area contributed by atoms with Gasteiger partial charge in [0.15, 0.2) is 16.3 Å². The lowest BCUT2D eigenvalue weighted by Gasteiger charge is -2.09. The highest BCUT2D eigenvalue weighted by Crippen LogP contribution is 2.14. The SMILES string of the molecule is CC(C)Oc1ccc(CC(=O)OBr)cc1. The van der Waals surface area contributed by atoms with Crippen LogP contribution < -0.4 is 4.74 Å². The van der Waals surface area contributed by atoms with Crippen LogP contribution in [0, 0.1) is 0 Å². The lowest BCUT2D eigenvalue weighted by molar-refractivity contribution is -0.131. The molecule has 0 bridgehead atoms. The van der Waals surface area contributed by atoms with Crippen molar-refractivity contribution in [3.63, 3.8) is 0 Å². The van der Waals surface area contributed by atoms with Crippen molar-refractivity contribution in [3.05, 3.63) is 29.8 Å². The van der Waals surface area contributed by atoms with Crippen molar-refractivity contribution in [1.82, 2.24) is 0 Å². The summed E-state index contributed by atoms with van der Waals surface area (Å²) in [5, 5.41) is 0. The Hall–Kier alpha value is -1.03. The third-order valence-electron chi connectivity index (χ3n) is 1.73. The zero-order chi connectivity index (χ0) is 11.3. The molecule has 15 heavy (non-hydrogen) atoms. The summed E-state index contributed by atoms with van der Waals surface area (Å²) in [6.45, 7) is 3.94. The number of benzene rings is 1. The molecule has 0 aromatic heterocycles. The highest BCUT2D eigenvalue weighted by molar-refractivity contribution is 9.06. The molecule has 4 heteroatoms. The molecular formula is C11H13BrO3. The maximum absolute atomic E-state index is 10.9. The predicted molar refractivity (Wildman–Crippen MR) is 60.9 cm³/mol. The van der Waals surface area contributed by atoms with Gasteiger partial charge in [0.25, 0.3) is 0 Å². The molecule has 0 aliphatic rings. The topological polar surface area (TPSA) is 35.5 Å². The molecule has 0 aliphatic heterocycles. The minimum Gasteiger partial charge on any atom is -0.491 e. The van der Waals surface area contributed by atoms with E-state index in [2.05, 4.69) is 20.1 Å². The monoisotopic (exact) mass is 272 g/mol. The molecule has 0 radical (unpaired) electrons. The van der Waals surface area contributed by atoms with E-state index in [1.165, 1.54) is 0 Å². The van der Waals surface area contributed by atoms with Gasteiger partial charge in [0.1, 0.15) is 5.75 Å². The Morgan fingerprint density at radius 3 is 2.40 bits per heavy atom. The maximum Gasteiger partial charge on any atom is 0.321 e. The largest absolute Gasteiger partial charge is 0.491 e. The van der Waals surface area contributed by atoms with Crippen LogP contribution in [0.3, 0.4) is 0 Å². The van der Waals surface area contributed by atoms with Crippen LogP contribution in [0.15, 0.2) is 24.3 Å². The van der Waals surface area contributed by atoms with E-state index in [0.29, 0.717) is 0 Å². The van der Waals surface area contributed by atoms with Gasteiger partial charge in [0.2, 0.25) is 0 Å². The fourth-order valence-corrected chi connectivity index (χ4v) is 1.27. The van der Waals surface area contributed by atoms with Gasteiger partial charge in [-0.2, -0.15) is 0 Å². The maximum atomic E-state index is 10.9. The lowest BCUT2D eigenvalue weighted by atomic mass is 10.1. The van der Waals surface area contributed by atoms with Crippen molar-refractivity contribution in [3.8, 4) is 5.75 Å². The molecule has 0 amide bonds. The zero-order valence-electron chi connectivity index (χ0n) is 8.70. The highest BCUT2D eigenvalue weighted by atomic mass is 79.9. The van der Waals surface area contributed by atoms with Gasteiger partial charge in [-0.3, -0.25) is 4.79 Å². The average molecular weight is 273 g/mol. The zero-order valence-corrected chi connectivity index (χ0v) is 10.3. The van der Waals surface area contributed by atoms with Gasteiger partial charge in [-0.15, -0.1) is 0 Å². The van der Waals surface area contributed by atoms with Gasteiger partial charge in [-0.05, 0) is 31.5 Å². The fraction of sp³-hybridized carbons (Fsp3) is 0.364. The first kappa shape index (κ1) is 12.0. The van der Waals surface area contributed by atoms with Gasteiger partial charge < -0.3 is 8.57 Å². The summed E-state index contributed by atoms with van der Waals surface area (Å²) < 4.78 is 9.87. The lowest BCUT2D eigenvalue weighted by Crippen LogP contribution is -2.06. The molecular weight excluding hydrogens is 260 g/mol. The first-order valence-corrected chi connectivity index (χ1v) is 5.33. The number of hydrogen-bond acceptors (Lipinski definition) is 3. The van der Waals surface area contributed by atoms with Gasteiger partial charge in [-0.1, -0.05) is 12.1 Å². The van der Waals surface area contributed by atoms with Crippen LogP contribution in [-0.2, 0) is 15.0 Å². The molecule has 1 rings (SSSR count). The van der Waals surface area contributed by atoms with Crippen molar-refractivity contribution >= 4 is 22.2 Å². The Labute approximate surface area is 97.8 Å². The first-order chi connectivity index (χ1) is 7.11. The molecule has 0 atom stereocenters. The standard InChI is InChI=1S/C11H13BrO3/c1-8(2)14-10-5-3-9(4-6-10)7-11(13)15-12/h3-6,8H,7H2,1-2H3. The summed E-state index contributed by atoms with van der Waals surface area (Å²) in [4.78, 5) is 10.9. The van der Waals surface area contributed by atoms with Crippen LogP contribution in [0.4, 0.5) is 0 Å². The summed E-state index contributed by atoms with van der Waals surface area (Å²) >= 11 is 2.65. The van der Waals surface area contributed by atoms with Crippen LogP contribution in [0.1, 0.15) is 19.4 Å². The van der Waals surface area contributed by atoms with E-state index in [1.54, 1.807) is 0 Å². The summed E-state index contributed by atoms with van der Waals surface area (Å²) in [7, 11) is 0. The molecule has 0 heterocycles. The van der Waals surface area contributed by atoms with Crippen LogP contribution in [0.25, 0.3) is 0 Å². The Balaban J connectivity index is 2.60. The number of halogens is 1. The van der Waals surface area contributed by atoms with Crippen LogP contribution >= 0.6 is 16.3 Å². The summed E-state index contributed by atoms with van der Waals surface area (Å²) in [6, 6.07) is 7.39. The van der Waals surface area contributed by atoms with Crippen molar-refractivity contribution in [1.29, 1.82) is 0 Å². The van der Waals surface area contributed by atoms with Gasteiger partial charge in [-0.25, -0.2) is 0 Å². The molecule has 0 saturated carbocycles. The summed E-state index contributed by atoms with van der Waals surface area (Å²) in [5.74, 6) is 0.494. The third-order valence-corrected chi connectivity index (χ3v) is 2.09. The number of hydrogen-bond donors (Lipinski definition) is 0. The molecule has 1 aromatic rings. The molecule has 0 unspecified atom stereocenters. The molecule has 1 aromatic carbocycles. The molecule has 0 aliphatic carbocycles. The van der Waals surface area contributed by atoms with E-state index in [-0.39, 0.29) is 18.5 Å². The third kappa shape index (κ3) is 4.34. The number of carbonyl (C=O) groups is 1. The number of ether oxygens (including phenoxy) is 1. The van der Waals surface area contributed by atoms with Crippen LogP contribution in [0.5, 0.6) is 5.75 Å². The van der Waals surface area contributed by atoms with Crippen molar-refractivity contribution < 1.29 is 13.4 Å². The normalized spacial score (nSPS) is 10.1. The Bertz CT molecular complexity index is 319. The minimum absolute atomic E-state index is 0.156.